The number of benzene rings is 1. The van der Waals surface area contributed by atoms with Gasteiger partial charge >= 0.3 is 0 Å². The van der Waals surface area contributed by atoms with Crippen LogP contribution in [0.5, 0.6) is 5.75 Å². The van der Waals surface area contributed by atoms with Gasteiger partial charge in [-0.15, -0.1) is 0 Å². The number of carbonyl (C=O) groups is 1. The lowest BCUT2D eigenvalue weighted by atomic mass is 10.1. The quantitative estimate of drug-likeness (QED) is 0.863. The number of ether oxygens (including phenoxy) is 1. The molecule has 1 aliphatic heterocycles. The van der Waals surface area contributed by atoms with Gasteiger partial charge in [0, 0.05) is 32.2 Å². The average Bonchev–Trinajstić information content (AvgIpc) is 2.55. The second-order valence-electron chi connectivity index (χ2n) is 5.38. The SMILES string of the molecule is CCC(CO)N1CCN(C(=O)COc2ccccc2Cl)CC1. The second kappa shape index (κ2) is 8.36. The Kier molecular flexibility index (Phi) is 6.49. The lowest BCUT2D eigenvalue weighted by Crippen LogP contribution is -2.53. The van der Waals surface area contributed by atoms with Crippen LogP contribution in [0.25, 0.3) is 0 Å². The van der Waals surface area contributed by atoms with Crippen LogP contribution in [0.15, 0.2) is 24.3 Å². The van der Waals surface area contributed by atoms with Gasteiger partial charge < -0.3 is 14.7 Å². The zero-order valence-electron chi connectivity index (χ0n) is 12.9. The molecule has 1 saturated heterocycles. The molecule has 1 N–H and O–H groups in total. The van der Waals surface area contributed by atoms with E-state index in [-0.39, 0.29) is 25.2 Å². The van der Waals surface area contributed by atoms with Crippen LogP contribution >= 0.6 is 11.6 Å². The summed E-state index contributed by atoms with van der Waals surface area (Å²) in [4.78, 5) is 16.2. The largest absolute Gasteiger partial charge is 0.482 e. The number of nitrogens with zero attached hydrogens (tertiary/aromatic N) is 2. The molecule has 0 aromatic heterocycles. The minimum Gasteiger partial charge on any atom is -0.482 e. The summed E-state index contributed by atoms with van der Waals surface area (Å²) in [6.07, 6.45) is 0.917. The summed E-state index contributed by atoms with van der Waals surface area (Å²) in [5.41, 5.74) is 0. The van der Waals surface area contributed by atoms with Crippen LogP contribution in [-0.2, 0) is 4.79 Å². The number of hydrogen-bond donors (Lipinski definition) is 1. The summed E-state index contributed by atoms with van der Waals surface area (Å²) in [6, 6.07) is 7.32. The summed E-state index contributed by atoms with van der Waals surface area (Å²) in [5, 5.41) is 9.84. The zero-order valence-corrected chi connectivity index (χ0v) is 13.6. The Morgan fingerprint density at radius 1 is 1.32 bits per heavy atom. The molecular weight excluding hydrogens is 304 g/mol. The number of amides is 1. The van der Waals surface area contributed by atoms with Crippen molar-refractivity contribution in [2.24, 2.45) is 0 Å². The first-order valence-corrected chi connectivity index (χ1v) is 8.03. The maximum atomic E-state index is 12.2. The highest BCUT2D eigenvalue weighted by Gasteiger charge is 2.25. The maximum Gasteiger partial charge on any atom is 0.260 e. The molecule has 0 saturated carbocycles. The number of para-hydroxylation sites is 1. The minimum atomic E-state index is -0.0309. The minimum absolute atomic E-state index is 0.000932. The van der Waals surface area contributed by atoms with Crippen molar-refractivity contribution in [1.82, 2.24) is 9.80 Å². The molecule has 5 nitrogen and oxygen atoms in total. The molecule has 0 radical (unpaired) electrons. The van der Waals surface area contributed by atoms with E-state index in [0.717, 1.165) is 19.5 Å². The van der Waals surface area contributed by atoms with Gasteiger partial charge in [-0.05, 0) is 18.6 Å². The predicted molar refractivity (Wildman–Crippen MR) is 86.3 cm³/mol. The van der Waals surface area contributed by atoms with Crippen LogP contribution in [-0.4, -0.2) is 66.2 Å². The van der Waals surface area contributed by atoms with Crippen molar-refractivity contribution < 1.29 is 14.6 Å². The van der Waals surface area contributed by atoms with E-state index < -0.39 is 0 Å². The molecular formula is C16H23ClN2O3. The molecule has 1 aliphatic rings. The molecule has 1 atom stereocenters. The topological polar surface area (TPSA) is 53.0 Å². The van der Waals surface area contributed by atoms with E-state index in [1.807, 2.05) is 12.1 Å². The van der Waals surface area contributed by atoms with E-state index in [1.54, 1.807) is 17.0 Å². The molecule has 1 amide bonds. The fraction of sp³-hybridized carbons (Fsp3) is 0.562. The van der Waals surface area contributed by atoms with Crippen molar-refractivity contribution in [2.75, 3.05) is 39.4 Å². The van der Waals surface area contributed by atoms with Gasteiger partial charge in [-0.25, -0.2) is 0 Å². The van der Waals surface area contributed by atoms with E-state index in [0.29, 0.717) is 23.9 Å². The Balaban J connectivity index is 1.79. The highest BCUT2D eigenvalue weighted by Crippen LogP contribution is 2.23. The van der Waals surface area contributed by atoms with Gasteiger partial charge in [-0.3, -0.25) is 9.69 Å². The lowest BCUT2D eigenvalue weighted by molar-refractivity contribution is -0.135. The Hall–Kier alpha value is -1.30. The van der Waals surface area contributed by atoms with Crippen molar-refractivity contribution in [1.29, 1.82) is 0 Å². The van der Waals surface area contributed by atoms with E-state index in [2.05, 4.69) is 11.8 Å². The Morgan fingerprint density at radius 3 is 2.59 bits per heavy atom. The van der Waals surface area contributed by atoms with Gasteiger partial charge in [-0.1, -0.05) is 30.7 Å². The van der Waals surface area contributed by atoms with E-state index in [4.69, 9.17) is 16.3 Å². The van der Waals surface area contributed by atoms with Crippen LogP contribution in [0.2, 0.25) is 5.02 Å². The van der Waals surface area contributed by atoms with Crippen molar-refractivity contribution in [3.8, 4) is 5.75 Å². The van der Waals surface area contributed by atoms with Gasteiger partial charge in [0.15, 0.2) is 6.61 Å². The fourth-order valence-electron chi connectivity index (χ4n) is 2.63. The van der Waals surface area contributed by atoms with Gasteiger partial charge in [0.25, 0.3) is 5.91 Å². The summed E-state index contributed by atoms with van der Waals surface area (Å²) >= 11 is 6.00. The van der Waals surface area contributed by atoms with Crippen LogP contribution in [0.4, 0.5) is 0 Å². The number of aliphatic hydroxyl groups excluding tert-OH is 1. The van der Waals surface area contributed by atoms with Crippen LogP contribution in [0, 0.1) is 0 Å². The van der Waals surface area contributed by atoms with E-state index >= 15 is 0 Å². The van der Waals surface area contributed by atoms with E-state index in [9.17, 15) is 9.90 Å². The van der Waals surface area contributed by atoms with Crippen LogP contribution < -0.4 is 4.74 Å². The molecule has 2 rings (SSSR count). The summed E-state index contributed by atoms with van der Waals surface area (Å²) in [6.45, 7) is 5.15. The van der Waals surface area contributed by atoms with Crippen molar-refractivity contribution in [3.63, 3.8) is 0 Å². The number of aliphatic hydroxyl groups is 1. The number of halogens is 1. The van der Waals surface area contributed by atoms with Gasteiger partial charge in [0.05, 0.1) is 11.6 Å². The van der Waals surface area contributed by atoms with Crippen molar-refractivity contribution in [3.05, 3.63) is 29.3 Å². The highest BCUT2D eigenvalue weighted by atomic mass is 35.5. The van der Waals surface area contributed by atoms with Gasteiger partial charge in [0.1, 0.15) is 5.75 Å². The van der Waals surface area contributed by atoms with Gasteiger partial charge in [0.2, 0.25) is 0 Å². The highest BCUT2D eigenvalue weighted by molar-refractivity contribution is 6.32. The molecule has 122 valence electrons. The van der Waals surface area contributed by atoms with Crippen molar-refractivity contribution in [2.45, 2.75) is 19.4 Å². The summed E-state index contributed by atoms with van der Waals surface area (Å²) in [5.74, 6) is 0.499. The normalized spacial score (nSPS) is 17.3. The Labute approximate surface area is 136 Å². The number of piperazine rings is 1. The predicted octanol–water partition coefficient (Wildman–Crippen LogP) is 1.63. The molecule has 0 bridgehead atoms. The smallest absolute Gasteiger partial charge is 0.260 e. The molecule has 0 aliphatic carbocycles. The first-order valence-electron chi connectivity index (χ1n) is 7.65. The Morgan fingerprint density at radius 2 is 2.00 bits per heavy atom. The maximum absolute atomic E-state index is 12.2. The van der Waals surface area contributed by atoms with Crippen molar-refractivity contribution >= 4 is 17.5 Å². The molecule has 1 aromatic rings. The van der Waals surface area contributed by atoms with Crippen LogP contribution in [0.1, 0.15) is 13.3 Å². The number of carbonyl (C=O) groups excluding carboxylic acids is 1. The summed E-state index contributed by atoms with van der Waals surface area (Å²) < 4.78 is 5.49. The third-order valence-corrected chi connectivity index (χ3v) is 4.37. The second-order valence-corrected chi connectivity index (χ2v) is 5.79. The molecule has 1 aromatic carbocycles. The molecule has 1 unspecified atom stereocenters. The average molecular weight is 327 g/mol. The monoisotopic (exact) mass is 326 g/mol. The fourth-order valence-corrected chi connectivity index (χ4v) is 2.82. The molecule has 1 fully saturated rings. The molecule has 22 heavy (non-hydrogen) atoms. The van der Waals surface area contributed by atoms with Crippen LogP contribution in [0.3, 0.4) is 0 Å². The first-order chi connectivity index (χ1) is 10.7. The first kappa shape index (κ1) is 17.1. The molecule has 6 heteroatoms. The van der Waals surface area contributed by atoms with Gasteiger partial charge in [-0.2, -0.15) is 0 Å². The third-order valence-electron chi connectivity index (χ3n) is 4.05. The standard InChI is InChI=1S/C16H23ClN2O3/c1-2-13(11-20)18-7-9-19(10-8-18)16(21)12-22-15-6-4-3-5-14(15)17/h3-6,13,20H,2,7-12H2,1H3. The molecule has 1 heterocycles. The Bertz CT molecular complexity index is 486. The number of rotatable bonds is 6. The van der Waals surface area contributed by atoms with E-state index in [1.165, 1.54) is 0 Å². The number of hydrogen-bond acceptors (Lipinski definition) is 4. The zero-order chi connectivity index (χ0) is 15.9. The summed E-state index contributed by atoms with van der Waals surface area (Å²) in [7, 11) is 0. The lowest BCUT2D eigenvalue weighted by Gasteiger charge is -2.38. The molecule has 0 spiro atoms. The third kappa shape index (κ3) is 4.35.